The number of carboxylic acids is 1. The maximum atomic E-state index is 10.7. The first-order valence-electron chi connectivity index (χ1n) is 4.27. The molecule has 1 N–H and O–H groups in total. The Hall–Kier alpha value is -0.730. The summed E-state index contributed by atoms with van der Waals surface area (Å²) in [5.74, 6) is -1.00. The van der Waals surface area contributed by atoms with Gasteiger partial charge in [-0.25, -0.2) is 0 Å². The second-order valence-electron chi connectivity index (χ2n) is 3.45. The molecule has 1 fully saturated rings. The van der Waals surface area contributed by atoms with E-state index in [1.165, 1.54) is 0 Å². The van der Waals surface area contributed by atoms with E-state index in [-0.39, 0.29) is 11.8 Å². The number of hydrogen-bond acceptors (Lipinski definition) is 1. The molecule has 0 unspecified atom stereocenters. The van der Waals surface area contributed by atoms with Crippen LogP contribution in [0.1, 0.15) is 17.9 Å². The van der Waals surface area contributed by atoms with Gasteiger partial charge in [-0.05, 0) is 36.1 Å². The van der Waals surface area contributed by atoms with Crippen LogP contribution in [-0.2, 0) is 4.79 Å². The van der Waals surface area contributed by atoms with E-state index < -0.39 is 5.97 Å². The van der Waals surface area contributed by atoms with E-state index in [0.717, 1.165) is 5.56 Å². The molecular formula is C10H8Cl2O2. The van der Waals surface area contributed by atoms with Crippen molar-refractivity contribution in [2.75, 3.05) is 0 Å². The Balaban J connectivity index is 2.26. The minimum atomic E-state index is -0.758. The van der Waals surface area contributed by atoms with Crippen molar-refractivity contribution < 1.29 is 9.90 Å². The van der Waals surface area contributed by atoms with Crippen LogP contribution in [0.25, 0.3) is 0 Å². The van der Waals surface area contributed by atoms with Crippen LogP contribution in [-0.4, -0.2) is 11.1 Å². The molecular weight excluding hydrogens is 223 g/mol. The Kier molecular flexibility index (Phi) is 2.41. The standard InChI is InChI=1S/C10H8Cl2O2/c11-5-1-2-9(12)7(3-5)6-4-8(6)10(13)14/h1-3,6,8H,4H2,(H,13,14)/t6-,8-/m0/s1. The van der Waals surface area contributed by atoms with Crippen molar-refractivity contribution in [3.8, 4) is 0 Å². The summed E-state index contributed by atoms with van der Waals surface area (Å²) in [5.41, 5.74) is 0.853. The van der Waals surface area contributed by atoms with Crippen LogP contribution in [0.4, 0.5) is 0 Å². The number of halogens is 2. The summed E-state index contributed by atoms with van der Waals surface area (Å²) in [6.45, 7) is 0. The minimum Gasteiger partial charge on any atom is -0.481 e. The lowest BCUT2D eigenvalue weighted by Gasteiger charge is -2.02. The average Bonchev–Trinajstić information content (AvgIpc) is 2.88. The highest BCUT2D eigenvalue weighted by Crippen LogP contribution is 2.50. The van der Waals surface area contributed by atoms with Crippen molar-refractivity contribution >= 4 is 29.2 Å². The van der Waals surface area contributed by atoms with Crippen LogP contribution in [0.2, 0.25) is 10.0 Å². The molecule has 0 heterocycles. The Morgan fingerprint density at radius 2 is 2.14 bits per heavy atom. The molecule has 74 valence electrons. The molecule has 1 aliphatic rings. The molecule has 0 aromatic heterocycles. The zero-order valence-electron chi connectivity index (χ0n) is 7.21. The fourth-order valence-electron chi connectivity index (χ4n) is 1.61. The van der Waals surface area contributed by atoms with Crippen LogP contribution in [0.15, 0.2) is 18.2 Å². The highest BCUT2D eigenvalue weighted by atomic mass is 35.5. The second-order valence-corrected chi connectivity index (χ2v) is 4.30. The van der Waals surface area contributed by atoms with Gasteiger partial charge in [-0.3, -0.25) is 4.79 Å². The molecule has 1 aromatic carbocycles. The maximum absolute atomic E-state index is 10.7. The van der Waals surface area contributed by atoms with Gasteiger partial charge in [0, 0.05) is 10.0 Å². The molecule has 0 amide bonds. The van der Waals surface area contributed by atoms with Crippen LogP contribution in [0.5, 0.6) is 0 Å². The number of benzene rings is 1. The molecule has 1 aromatic rings. The zero-order valence-corrected chi connectivity index (χ0v) is 8.72. The lowest BCUT2D eigenvalue weighted by molar-refractivity contribution is -0.138. The smallest absolute Gasteiger partial charge is 0.307 e. The molecule has 2 nitrogen and oxygen atoms in total. The van der Waals surface area contributed by atoms with Crippen molar-refractivity contribution in [3.63, 3.8) is 0 Å². The summed E-state index contributed by atoms with van der Waals surface area (Å²) < 4.78 is 0. The van der Waals surface area contributed by atoms with Gasteiger partial charge in [0.05, 0.1) is 5.92 Å². The number of aliphatic carboxylic acids is 1. The van der Waals surface area contributed by atoms with Gasteiger partial charge in [-0.15, -0.1) is 0 Å². The van der Waals surface area contributed by atoms with Crippen molar-refractivity contribution in [1.82, 2.24) is 0 Å². The molecule has 14 heavy (non-hydrogen) atoms. The first-order chi connectivity index (χ1) is 6.59. The summed E-state index contributed by atoms with van der Waals surface area (Å²) >= 11 is 11.8. The van der Waals surface area contributed by atoms with E-state index in [0.29, 0.717) is 16.5 Å². The number of carboxylic acid groups (broad SMARTS) is 1. The molecule has 0 spiro atoms. The SMILES string of the molecule is O=C(O)[C@H]1C[C@H]1c1cc(Cl)ccc1Cl. The van der Waals surface area contributed by atoms with E-state index in [2.05, 4.69) is 0 Å². The largest absolute Gasteiger partial charge is 0.481 e. The van der Waals surface area contributed by atoms with Gasteiger partial charge in [0.15, 0.2) is 0 Å². The van der Waals surface area contributed by atoms with E-state index in [1.807, 2.05) is 0 Å². The quantitative estimate of drug-likeness (QED) is 0.848. The lowest BCUT2D eigenvalue weighted by atomic mass is 10.1. The van der Waals surface area contributed by atoms with Crippen LogP contribution < -0.4 is 0 Å². The predicted molar refractivity (Wildman–Crippen MR) is 54.9 cm³/mol. The van der Waals surface area contributed by atoms with Gasteiger partial charge in [0.2, 0.25) is 0 Å². The van der Waals surface area contributed by atoms with Crippen molar-refractivity contribution in [2.45, 2.75) is 12.3 Å². The first kappa shape index (κ1) is 9.81. The van der Waals surface area contributed by atoms with Crippen molar-refractivity contribution in [1.29, 1.82) is 0 Å². The zero-order chi connectivity index (χ0) is 10.3. The summed E-state index contributed by atoms with van der Waals surface area (Å²) in [7, 11) is 0. The Morgan fingerprint density at radius 3 is 2.71 bits per heavy atom. The molecule has 0 radical (unpaired) electrons. The predicted octanol–water partition coefficient (Wildman–Crippen LogP) is 3.18. The summed E-state index contributed by atoms with van der Waals surface area (Å²) in [6.07, 6.45) is 0.662. The second kappa shape index (κ2) is 3.44. The summed E-state index contributed by atoms with van der Waals surface area (Å²) in [5, 5.41) is 9.97. The molecule has 0 aliphatic heterocycles. The topological polar surface area (TPSA) is 37.3 Å². The molecule has 0 saturated heterocycles. The fourth-order valence-corrected chi connectivity index (χ4v) is 2.05. The van der Waals surface area contributed by atoms with E-state index >= 15 is 0 Å². The van der Waals surface area contributed by atoms with Gasteiger partial charge in [0.1, 0.15) is 0 Å². The minimum absolute atomic E-state index is 0.0405. The summed E-state index contributed by atoms with van der Waals surface area (Å²) in [4.78, 5) is 10.7. The average molecular weight is 231 g/mol. The van der Waals surface area contributed by atoms with E-state index in [1.54, 1.807) is 18.2 Å². The molecule has 2 atom stereocenters. The Labute approximate surface area is 91.4 Å². The Bertz CT molecular complexity index is 390. The normalized spacial score (nSPS) is 24.7. The highest BCUT2D eigenvalue weighted by Gasteiger charge is 2.45. The third kappa shape index (κ3) is 1.72. The summed E-state index contributed by atoms with van der Waals surface area (Å²) in [6, 6.07) is 5.15. The third-order valence-electron chi connectivity index (χ3n) is 2.47. The number of rotatable bonds is 2. The van der Waals surface area contributed by atoms with Gasteiger partial charge in [-0.1, -0.05) is 23.2 Å². The van der Waals surface area contributed by atoms with Crippen LogP contribution in [0.3, 0.4) is 0 Å². The van der Waals surface area contributed by atoms with Crippen LogP contribution >= 0.6 is 23.2 Å². The number of carbonyl (C=O) groups is 1. The lowest BCUT2D eigenvalue weighted by Crippen LogP contribution is -1.99. The molecule has 1 aliphatic carbocycles. The van der Waals surface area contributed by atoms with Gasteiger partial charge in [-0.2, -0.15) is 0 Å². The van der Waals surface area contributed by atoms with Crippen molar-refractivity contribution in [3.05, 3.63) is 33.8 Å². The van der Waals surface area contributed by atoms with Crippen LogP contribution in [0, 0.1) is 5.92 Å². The Morgan fingerprint density at radius 1 is 1.43 bits per heavy atom. The first-order valence-corrected chi connectivity index (χ1v) is 5.03. The van der Waals surface area contributed by atoms with E-state index in [4.69, 9.17) is 28.3 Å². The van der Waals surface area contributed by atoms with Gasteiger partial charge < -0.3 is 5.11 Å². The molecule has 4 heteroatoms. The monoisotopic (exact) mass is 230 g/mol. The highest BCUT2D eigenvalue weighted by molar-refractivity contribution is 6.33. The van der Waals surface area contributed by atoms with Gasteiger partial charge in [0.25, 0.3) is 0 Å². The fraction of sp³-hybridized carbons (Fsp3) is 0.300. The van der Waals surface area contributed by atoms with Crippen molar-refractivity contribution in [2.24, 2.45) is 5.92 Å². The van der Waals surface area contributed by atoms with E-state index in [9.17, 15) is 4.79 Å². The molecule has 2 rings (SSSR count). The van der Waals surface area contributed by atoms with Gasteiger partial charge >= 0.3 is 5.97 Å². The molecule has 0 bridgehead atoms. The number of hydrogen-bond donors (Lipinski definition) is 1. The third-order valence-corrected chi connectivity index (χ3v) is 3.04. The molecule has 1 saturated carbocycles. The maximum Gasteiger partial charge on any atom is 0.307 e.